The van der Waals surface area contributed by atoms with Crippen LogP contribution in [0, 0.1) is 5.92 Å². The molecule has 0 fully saturated rings. The Morgan fingerprint density at radius 2 is 2.17 bits per heavy atom. The molecule has 4 nitrogen and oxygen atoms in total. The van der Waals surface area contributed by atoms with Crippen LogP contribution in [0.15, 0.2) is 18.3 Å². The summed E-state index contributed by atoms with van der Waals surface area (Å²) in [6, 6.07) is 4.01. The molecule has 0 saturated carbocycles. The smallest absolute Gasteiger partial charge is 0.236 e. The molecule has 18 heavy (non-hydrogen) atoms. The first-order valence-corrected chi connectivity index (χ1v) is 6.67. The summed E-state index contributed by atoms with van der Waals surface area (Å²) >= 11 is 0. The molecule has 1 atom stereocenters. The summed E-state index contributed by atoms with van der Waals surface area (Å²) in [4.78, 5) is 11.8. The van der Waals surface area contributed by atoms with E-state index in [1.165, 1.54) is 5.69 Å². The zero-order valence-corrected chi connectivity index (χ0v) is 11.9. The van der Waals surface area contributed by atoms with Crippen LogP contribution < -0.4 is 10.6 Å². The van der Waals surface area contributed by atoms with Crippen molar-refractivity contribution in [3.8, 4) is 0 Å². The van der Waals surface area contributed by atoms with E-state index in [4.69, 9.17) is 0 Å². The Morgan fingerprint density at radius 3 is 2.72 bits per heavy atom. The highest BCUT2D eigenvalue weighted by Crippen LogP contribution is 2.07. The zero-order chi connectivity index (χ0) is 13.5. The van der Waals surface area contributed by atoms with Crippen LogP contribution in [0.3, 0.4) is 0 Å². The summed E-state index contributed by atoms with van der Waals surface area (Å²) < 4.78 is 2.18. The van der Waals surface area contributed by atoms with Gasteiger partial charge in [-0.1, -0.05) is 13.8 Å². The standard InChI is InChI=1S/C14H25N3O/c1-5-17-8-6-7-12(17)10-16-13(9-11(2)3)14(18)15-4/h6-8,11,13,16H,5,9-10H2,1-4H3,(H,15,18). The highest BCUT2D eigenvalue weighted by molar-refractivity contribution is 5.81. The van der Waals surface area contributed by atoms with Gasteiger partial charge >= 0.3 is 0 Å². The van der Waals surface area contributed by atoms with Crippen molar-refractivity contribution in [2.75, 3.05) is 7.05 Å². The Balaban J connectivity index is 2.58. The monoisotopic (exact) mass is 251 g/mol. The molecule has 1 amide bonds. The van der Waals surface area contributed by atoms with Crippen molar-refractivity contribution in [3.05, 3.63) is 24.0 Å². The van der Waals surface area contributed by atoms with Gasteiger partial charge in [-0.2, -0.15) is 0 Å². The maximum absolute atomic E-state index is 11.8. The number of aromatic nitrogens is 1. The van der Waals surface area contributed by atoms with Crippen molar-refractivity contribution in [3.63, 3.8) is 0 Å². The Kier molecular flexibility index (Phi) is 5.92. The van der Waals surface area contributed by atoms with Crippen LogP contribution in [0.4, 0.5) is 0 Å². The van der Waals surface area contributed by atoms with Gasteiger partial charge < -0.3 is 15.2 Å². The molecule has 0 saturated heterocycles. The van der Waals surface area contributed by atoms with Gasteiger partial charge in [-0.25, -0.2) is 0 Å². The third kappa shape index (κ3) is 4.18. The normalized spacial score (nSPS) is 12.7. The van der Waals surface area contributed by atoms with E-state index in [-0.39, 0.29) is 11.9 Å². The predicted molar refractivity (Wildman–Crippen MR) is 74.3 cm³/mol. The quantitative estimate of drug-likeness (QED) is 0.775. The van der Waals surface area contributed by atoms with Crippen molar-refractivity contribution >= 4 is 5.91 Å². The first-order chi connectivity index (χ1) is 8.58. The van der Waals surface area contributed by atoms with Crippen molar-refractivity contribution in [2.45, 2.75) is 46.3 Å². The van der Waals surface area contributed by atoms with Crippen molar-refractivity contribution in [1.82, 2.24) is 15.2 Å². The highest BCUT2D eigenvalue weighted by atomic mass is 16.2. The van der Waals surface area contributed by atoms with Gasteiger partial charge in [0.15, 0.2) is 0 Å². The minimum atomic E-state index is -0.116. The number of hydrogen-bond acceptors (Lipinski definition) is 2. The molecule has 0 bridgehead atoms. The molecule has 1 aromatic heterocycles. The van der Waals surface area contributed by atoms with Gasteiger partial charge in [-0.15, -0.1) is 0 Å². The topological polar surface area (TPSA) is 46.1 Å². The fraction of sp³-hybridized carbons (Fsp3) is 0.643. The molecule has 102 valence electrons. The summed E-state index contributed by atoms with van der Waals surface area (Å²) in [5.41, 5.74) is 1.22. The van der Waals surface area contributed by atoms with Crippen LogP contribution in [0.25, 0.3) is 0 Å². The molecule has 4 heteroatoms. The number of carbonyl (C=O) groups is 1. The van der Waals surface area contributed by atoms with E-state index in [1.54, 1.807) is 7.05 Å². The lowest BCUT2D eigenvalue weighted by molar-refractivity contribution is -0.123. The fourth-order valence-electron chi connectivity index (χ4n) is 2.07. The number of nitrogens with one attached hydrogen (secondary N) is 2. The molecule has 1 unspecified atom stereocenters. The first kappa shape index (κ1) is 14.8. The van der Waals surface area contributed by atoms with Crippen LogP contribution in [-0.4, -0.2) is 23.6 Å². The van der Waals surface area contributed by atoms with E-state index in [1.807, 2.05) is 6.07 Å². The molecule has 0 aliphatic carbocycles. The molecule has 0 aliphatic heterocycles. The van der Waals surface area contributed by atoms with Crippen molar-refractivity contribution < 1.29 is 4.79 Å². The number of carbonyl (C=O) groups excluding carboxylic acids is 1. The summed E-state index contributed by atoms with van der Waals surface area (Å²) in [6.07, 6.45) is 2.92. The number of likely N-dealkylation sites (N-methyl/N-ethyl adjacent to an activating group) is 1. The third-order valence-electron chi connectivity index (χ3n) is 3.06. The Labute approximate surface area is 110 Å². The van der Waals surface area contributed by atoms with E-state index in [9.17, 15) is 4.79 Å². The average molecular weight is 251 g/mol. The van der Waals surface area contributed by atoms with Crippen molar-refractivity contribution in [2.24, 2.45) is 5.92 Å². The van der Waals surface area contributed by atoms with Crippen LogP contribution in [0.5, 0.6) is 0 Å². The zero-order valence-electron chi connectivity index (χ0n) is 11.9. The maximum Gasteiger partial charge on any atom is 0.236 e. The second kappa shape index (κ2) is 7.21. The van der Waals surface area contributed by atoms with Crippen molar-refractivity contribution in [1.29, 1.82) is 0 Å². The summed E-state index contributed by atoms with van der Waals surface area (Å²) in [5, 5.41) is 6.07. The van der Waals surface area contributed by atoms with Gasteiger partial charge in [0.05, 0.1) is 6.04 Å². The van der Waals surface area contributed by atoms with E-state index >= 15 is 0 Å². The highest BCUT2D eigenvalue weighted by Gasteiger charge is 2.18. The molecule has 0 spiro atoms. The van der Waals surface area contributed by atoms with Gasteiger partial charge in [-0.05, 0) is 31.4 Å². The Bertz CT molecular complexity index is 371. The second-order valence-corrected chi connectivity index (χ2v) is 4.96. The molecule has 1 rings (SSSR count). The minimum Gasteiger partial charge on any atom is -0.358 e. The lowest BCUT2D eigenvalue weighted by Gasteiger charge is -2.19. The number of nitrogens with zero attached hydrogens (tertiary/aromatic N) is 1. The predicted octanol–water partition coefficient (Wildman–Crippen LogP) is 1.76. The summed E-state index contributed by atoms with van der Waals surface area (Å²) in [5.74, 6) is 0.566. The summed E-state index contributed by atoms with van der Waals surface area (Å²) in [6.45, 7) is 8.07. The second-order valence-electron chi connectivity index (χ2n) is 4.96. The number of hydrogen-bond donors (Lipinski definition) is 2. The molecule has 1 heterocycles. The number of amides is 1. The van der Waals surface area contributed by atoms with Gasteiger partial charge in [0, 0.05) is 32.0 Å². The van der Waals surface area contributed by atoms with Gasteiger partial charge in [0.1, 0.15) is 0 Å². The molecule has 2 N–H and O–H groups in total. The Morgan fingerprint density at radius 1 is 1.44 bits per heavy atom. The van der Waals surface area contributed by atoms with Gasteiger partial charge in [0.2, 0.25) is 5.91 Å². The maximum atomic E-state index is 11.8. The fourth-order valence-corrected chi connectivity index (χ4v) is 2.07. The van der Waals surface area contributed by atoms with Gasteiger partial charge in [-0.3, -0.25) is 4.79 Å². The van der Waals surface area contributed by atoms with E-state index in [0.29, 0.717) is 5.92 Å². The van der Waals surface area contributed by atoms with Crippen LogP contribution in [0.2, 0.25) is 0 Å². The van der Waals surface area contributed by atoms with Crippen LogP contribution in [0.1, 0.15) is 32.9 Å². The summed E-state index contributed by atoms with van der Waals surface area (Å²) in [7, 11) is 1.69. The van der Waals surface area contributed by atoms with Crippen LogP contribution >= 0.6 is 0 Å². The van der Waals surface area contributed by atoms with Crippen LogP contribution in [-0.2, 0) is 17.9 Å². The molecular weight excluding hydrogens is 226 g/mol. The minimum absolute atomic E-state index is 0.0679. The number of aryl methyl sites for hydroxylation is 1. The molecule has 0 radical (unpaired) electrons. The Hall–Kier alpha value is -1.29. The largest absolute Gasteiger partial charge is 0.358 e. The molecule has 1 aromatic rings. The molecular formula is C14H25N3O. The lowest BCUT2D eigenvalue weighted by Crippen LogP contribution is -2.43. The molecule has 0 aromatic carbocycles. The van der Waals surface area contributed by atoms with Gasteiger partial charge in [0.25, 0.3) is 0 Å². The van der Waals surface area contributed by atoms with E-state index in [0.717, 1.165) is 19.5 Å². The molecule has 0 aliphatic rings. The van der Waals surface area contributed by atoms with E-state index < -0.39 is 0 Å². The number of rotatable bonds is 7. The lowest BCUT2D eigenvalue weighted by atomic mass is 10.0. The first-order valence-electron chi connectivity index (χ1n) is 6.67. The third-order valence-corrected chi connectivity index (χ3v) is 3.06. The average Bonchev–Trinajstić information content (AvgIpc) is 2.80. The SMILES string of the molecule is CCn1cccc1CNC(CC(C)C)C(=O)NC. The van der Waals surface area contributed by atoms with E-state index in [2.05, 4.69) is 48.2 Å².